The number of alkyl halides is 3. The summed E-state index contributed by atoms with van der Waals surface area (Å²) in [6.45, 7) is 2.64. The summed E-state index contributed by atoms with van der Waals surface area (Å²) in [5.41, 5.74) is 5.90. The van der Waals surface area contributed by atoms with Crippen molar-refractivity contribution in [2.75, 3.05) is 17.6 Å². The molecule has 1 aliphatic rings. The van der Waals surface area contributed by atoms with E-state index in [9.17, 15) is 13.2 Å². The number of thioether (sulfide) groups is 1. The van der Waals surface area contributed by atoms with E-state index in [-0.39, 0.29) is 22.1 Å². The van der Waals surface area contributed by atoms with E-state index in [1.165, 1.54) is 18.2 Å². The van der Waals surface area contributed by atoms with Gasteiger partial charge in [0, 0.05) is 4.75 Å². The van der Waals surface area contributed by atoms with Crippen molar-refractivity contribution in [1.29, 1.82) is 0 Å². The van der Waals surface area contributed by atoms with E-state index in [2.05, 4.69) is 22.0 Å². The van der Waals surface area contributed by atoms with Crippen LogP contribution in [0.3, 0.4) is 0 Å². The van der Waals surface area contributed by atoms with Crippen molar-refractivity contribution in [3.05, 3.63) is 24.3 Å². The normalized spacial score (nSPS) is 22.6. The Bertz CT molecular complexity index is 542. The van der Waals surface area contributed by atoms with Crippen molar-refractivity contribution < 1.29 is 17.9 Å². The Morgan fingerprint density at radius 1 is 1.45 bits per heavy atom. The van der Waals surface area contributed by atoms with Crippen molar-refractivity contribution in [2.45, 2.75) is 30.9 Å². The van der Waals surface area contributed by atoms with Crippen molar-refractivity contribution in [3.63, 3.8) is 0 Å². The van der Waals surface area contributed by atoms with Crippen LogP contribution in [0.4, 0.5) is 18.9 Å². The number of nitrogens with two attached hydrogens (primary N) is 1. The molecule has 1 atom stereocenters. The SMILES string of the molecule is CC1(CN=C(N)Nc2ccccc2OC(F)(F)F)CCCS1. The highest BCUT2D eigenvalue weighted by molar-refractivity contribution is 8.00. The lowest BCUT2D eigenvalue weighted by Crippen LogP contribution is -2.28. The number of guanidine groups is 1. The number of hydrogen-bond acceptors (Lipinski definition) is 3. The van der Waals surface area contributed by atoms with E-state index < -0.39 is 6.36 Å². The van der Waals surface area contributed by atoms with Gasteiger partial charge in [-0.3, -0.25) is 4.99 Å². The molecule has 0 aliphatic carbocycles. The van der Waals surface area contributed by atoms with Gasteiger partial charge in [-0.25, -0.2) is 0 Å². The van der Waals surface area contributed by atoms with E-state index in [4.69, 9.17) is 5.73 Å². The molecule has 8 heteroatoms. The average Bonchev–Trinajstić information content (AvgIpc) is 2.85. The Hall–Kier alpha value is -1.57. The molecule has 1 aromatic rings. The van der Waals surface area contributed by atoms with Crippen molar-refractivity contribution >= 4 is 23.4 Å². The van der Waals surface area contributed by atoms with Gasteiger partial charge in [0.1, 0.15) is 0 Å². The first-order valence-electron chi connectivity index (χ1n) is 6.83. The summed E-state index contributed by atoms with van der Waals surface area (Å²) >= 11 is 1.84. The number of hydrogen-bond donors (Lipinski definition) is 2. The molecule has 1 saturated heterocycles. The summed E-state index contributed by atoms with van der Waals surface area (Å²) < 4.78 is 41.0. The first kappa shape index (κ1) is 16.8. The van der Waals surface area contributed by atoms with Crippen LogP contribution in [0, 0.1) is 0 Å². The van der Waals surface area contributed by atoms with Crippen molar-refractivity contribution in [1.82, 2.24) is 0 Å². The molecule has 0 saturated carbocycles. The Kier molecular flexibility index (Phi) is 5.10. The molecule has 1 aromatic carbocycles. The summed E-state index contributed by atoms with van der Waals surface area (Å²) in [6, 6.07) is 5.72. The lowest BCUT2D eigenvalue weighted by Gasteiger charge is -2.20. The zero-order valence-electron chi connectivity index (χ0n) is 12.1. The van der Waals surface area contributed by atoms with Gasteiger partial charge in [-0.2, -0.15) is 11.8 Å². The monoisotopic (exact) mass is 333 g/mol. The fourth-order valence-corrected chi connectivity index (χ4v) is 3.40. The molecule has 0 bridgehead atoms. The average molecular weight is 333 g/mol. The van der Waals surface area contributed by atoms with E-state index in [1.54, 1.807) is 6.07 Å². The van der Waals surface area contributed by atoms with Gasteiger partial charge in [-0.15, -0.1) is 13.2 Å². The minimum absolute atomic E-state index is 0.0499. The standard InChI is InChI=1S/C14H18F3N3OS/c1-13(7-4-8-22-13)9-19-12(18)20-10-5-2-3-6-11(10)21-14(15,16)17/h2-3,5-6H,4,7-9H2,1H3,(H3,18,19,20). The number of nitrogens with zero attached hydrogens (tertiary/aromatic N) is 1. The number of para-hydroxylation sites is 2. The summed E-state index contributed by atoms with van der Waals surface area (Å²) in [5, 5.41) is 2.67. The van der Waals surface area contributed by atoms with Crippen LogP contribution in [0.5, 0.6) is 5.75 Å². The van der Waals surface area contributed by atoms with Gasteiger partial charge in [-0.1, -0.05) is 12.1 Å². The van der Waals surface area contributed by atoms with Gasteiger partial charge in [-0.05, 0) is 37.7 Å². The van der Waals surface area contributed by atoms with Crippen molar-refractivity contribution in [2.24, 2.45) is 10.7 Å². The molecule has 22 heavy (non-hydrogen) atoms. The summed E-state index contributed by atoms with van der Waals surface area (Å²) in [5.74, 6) is 0.836. The third-order valence-corrected chi connectivity index (χ3v) is 4.78. The topological polar surface area (TPSA) is 59.6 Å². The number of aliphatic imine (C=N–C) groups is 1. The quantitative estimate of drug-likeness (QED) is 0.653. The largest absolute Gasteiger partial charge is 0.573 e. The van der Waals surface area contributed by atoms with Gasteiger partial charge < -0.3 is 15.8 Å². The maximum atomic E-state index is 12.3. The van der Waals surface area contributed by atoms with E-state index in [0.717, 1.165) is 18.6 Å². The molecule has 1 heterocycles. The number of rotatable bonds is 4. The third-order valence-electron chi connectivity index (χ3n) is 3.26. The molecule has 4 nitrogen and oxygen atoms in total. The fraction of sp³-hybridized carbons (Fsp3) is 0.500. The van der Waals surface area contributed by atoms with Gasteiger partial charge in [0.25, 0.3) is 0 Å². The molecular weight excluding hydrogens is 315 g/mol. The molecule has 1 fully saturated rings. The molecule has 122 valence electrons. The molecule has 0 aromatic heterocycles. The van der Waals surface area contributed by atoms with Gasteiger partial charge in [0.2, 0.25) is 0 Å². The highest BCUT2D eigenvalue weighted by atomic mass is 32.2. The Balaban J connectivity index is 2.03. The highest BCUT2D eigenvalue weighted by Crippen LogP contribution is 2.37. The number of ether oxygens (including phenoxy) is 1. The Labute approximate surface area is 131 Å². The predicted octanol–water partition coefficient (Wildman–Crippen LogP) is 3.60. The van der Waals surface area contributed by atoms with Crippen LogP contribution in [0.2, 0.25) is 0 Å². The third kappa shape index (κ3) is 5.01. The Morgan fingerprint density at radius 3 is 2.82 bits per heavy atom. The zero-order valence-corrected chi connectivity index (χ0v) is 12.9. The second kappa shape index (κ2) is 6.68. The maximum Gasteiger partial charge on any atom is 0.573 e. The van der Waals surface area contributed by atoms with Gasteiger partial charge in [0.15, 0.2) is 11.7 Å². The van der Waals surface area contributed by atoms with Crippen LogP contribution < -0.4 is 15.8 Å². The molecule has 0 radical (unpaired) electrons. The molecule has 3 N–H and O–H groups in total. The van der Waals surface area contributed by atoms with Crippen LogP contribution in [0.25, 0.3) is 0 Å². The molecule has 0 amide bonds. The number of halogens is 3. The molecule has 1 aliphatic heterocycles. The second-order valence-corrected chi connectivity index (χ2v) is 6.95. The lowest BCUT2D eigenvalue weighted by atomic mass is 10.1. The Morgan fingerprint density at radius 2 is 2.18 bits per heavy atom. The minimum Gasteiger partial charge on any atom is -0.404 e. The minimum atomic E-state index is -4.75. The number of anilines is 1. The molecule has 1 unspecified atom stereocenters. The molecule has 2 rings (SSSR count). The molecule has 0 spiro atoms. The lowest BCUT2D eigenvalue weighted by molar-refractivity contribution is -0.274. The van der Waals surface area contributed by atoms with Crippen molar-refractivity contribution in [3.8, 4) is 5.75 Å². The molecular formula is C14H18F3N3OS. The second-order valence-electron chi connectivity index (χ2n) is 5.27. The summed E-state index contributed by atoms with van der Waals surface area (Å²) in [6.07, 6.45) is -2.55. The van der Waals surface area contributed by atoms with Crippen LogP contribution in [-0.4, -0.2) is 29.4 Å². The van der Waals surface area contributed by atoms with E-state index in [0.29, 0.717) is 6.54 Å². The van der Waals surface area contributed by atoms with Gasteiger partial charge in [0.05, 0.1) is 12.2 Å². The van der Waals surface area contributed by atoms with Crippen LogP contribution >= 0.6 is 11.8 Å². The smallest absolute Gasteiger partial charge is 0.404 e. The highest BCUT2D eigenvalue weighted by Gasteiger charge is 2.32. The summed E-state index contributed by atoms with van der Waals surface area (Å²) in [4.78, 5) is 4.24. The van der Waals surface area contributed by atoms with E-state index in [1.807, 2.05) is 11.8 Å². The number of nitrogens with one attached hydrogen (secondary N) is 1. The van der Waals surface area contributed by atoms with Crippen LogP contribution in [0.1, 0.15) is 19.8 Å². The predicted molar refractivity (Wildman–Crippen MR) is 83.3 cm³/mol. The fourth-order valence-electron chi connectivity index (χ4n) is 2.18. The first-order chi connectivity index (χ1) is 10.3. The maximum absolute atomic E-state index is 12.3. The first-order valence-corrected chi connectivity index (χ1v) is 7.82. The van der Waals surface area contributed by atoms with Crippen LogP contribution in [-0.2, 0) is 0 Å². The van der Waals surface area contributed by atoms with Gasteiger partial charge >= 0.3 is 6.36 Å². The van der Waals surface area contributed by atoms with E-state index >= 15 is 0 Å². The number of benzene rings is 1. The van der Waals surface area contributed by atoms with Crippen LogP contribution in [0.15, 0.2) is 29.3 Å². The zero-order chi connectivity index (χ0) is 16.2. The summed E-state index contributed by atoms with van der Waals surface area (Å²) in [7, 11) is 0.